The van der Waals surface area contributed by atoms with E-state index in [9.17, 15) is 4.79 Å². The van der Waals surface area contributed by atoms with Gasteiger partial charge in [0.15, 0.2) is 0 Å². The number of halogens is 2. The van der Waals surface area contributed by atoms with Crippen LogP contribution >= 0.6 is 28.3 Å². The third-order valence-corrected chi connectivity index (χ3v) is 5.87. The molecule has 1 saturated heterocycles. The Kier molecular flexibility index (Phi) is 7.10. The van der Waals surface area contributed by atoms with Crippen LogP contribution in [0.2, 0.25) is 0 Å². The predicted molar refractivity (Wildman–Crippen MR) is 103 cm³/mol. The molecular formula is C18H27BrClN3O. The third-order valence-electron chi connectivity index (χ3n) is 5.34. The van der Waals surface area contributed by atoms with Crippen LogP contribution in [0.4, 0.5) is 0 Å². The highest BCUT2D eigenvalue weighted by Gasteiger charge is 2.39. The second-order valence-corrected chi connectivity index (χ2v) is 7.97. The van der Waals surface area contributed by atoms with Crippen LogP contribution < -0.4 is 11.1 Å². The molecule has 1 amide bonds. The molecule has 1 saturated carbocycles. The minimum absolute atomic E-state index is 0. The lowest BCUT2D eigenvalue weighted by atomic mass is 9.78. The molecule has 4 nitrogen and oxygen atoms in total. The van der Waals surface area contributed by atoms with Gasteiger partial charge in [0.25, 0.3) is 0 Å². The van der Waals surface area contributed by atoms with Crippen molar-refractivity contribution in [3.05, 3.63) is 34.3 Å². The molecule has 24 heavy (non-hydrogen) atoms. The molecule has 1 heterocycles. The molecule has 1 aliphatic carbocycles. The number of likely N-dealkylation sites (tertiary alicyclic amines) is 1. The maximum absolute atomic E-state index is 12.3. The summed E-state index contributed by atoms with van der Waals surface area (Å²) in [7, 11) is 0. The summed E-state index contributed by atoms with van der Waals surface area (Å²) in [6.07, 6.45) is 3.65. The van der Waals surface area contributed by atoms with E-state index in [1.807, 2.05) is 31.2 Å². The van der Waals surface area contributed by atoms with Gasteiger partial charge in [-0.25, -0.2) is 0 Å². The van der Waals surface area contributed by atoms with Gasteiger partial charge in [-0.2, -0.15) is 0 Å². The van der Waals surface area contributed by atoms with Gasteiger partial charge in [-0.1, -0.05) is 34.5 Å². The summed E-state index contributed by atoms with van der Waals surface area (Å²) in [5.74, 6) is 1.38. The molecule has 4 unspecified atom stereocenters. The number of carbonyl (C=O) groups excluding carboxylic acids is 1. The summed E-state index contributed by atoms with van der Waals surface area (Å²) in [6.45, 7) is 4.52. The molecule has 1 aromatic rings. The Morgan fingerprint density at radius 2 is 2.04 bits per heavy atom. The average Bonchev–Trinajstić information content (AvgIpc) is 2.91. The van der Waals surface area contributed by atoms with E-state index >= 15 is 0 Å². The van der Waals surface area contributed by atoms with Crippen molar-refractivity contribution in [3.8, 4) is 0 Å². The minimum Gasteiger partial charge on any atom is -0.348 e. The van der Waals surface area contributed by atoms with Gasteiger partial charge >= 0.3 is 0 Å². The monoisotopic (exact) mass is 415 g/mol. The fourth-order valence-electron chi connectivity index (χ4n) is 4.06. The number of nitrogens with two attached hydrogens (primary N) is 1. The van der Waals surface area contributed by atoms with Gasteiger partial charge in [-0.3, -0.25) is 9.69 Å². The van der Waals surface area contributed by atoms with Crippen molar-refractivity contribution in [3.63, 3.8) is 0 Å². The van der Waals surface area contributed by atoms with Gasteiger partial charge in [0, 0.05) is 23.6 Å². The first-order valence-electron chi connectivity index (χ1n) is 8.55. The topological polar surface area (TPSA) is 58.4 Å². The Bertz CT molecular complexity index is 554. The number of rotatable bonds is 4. The zero-order chi connectivity index (χ0) is 16.4. The van der Waals surface area contributed by atoms with Gasteiger partial charge in [0.05, 0.1) is 12.6 Å². The molecule has 4 atom stereocenters. The number of benzene rings is 1. The van der Waals surface area contributed by atoms with Gasteiger partial charge < -0.3 is 11.1 Å². The molecule has 3 N–H and O–H groups in total. The van der Waals surface area contributed by atoms with E-state index in [1.54, 1.807) is 0 Å². The molecule has 0 spiro atoms. The summed E-state index contributed by atoms with van der Waals surface area (Å²) < 4.78 is 1.05. The number of hydrogen-bond acceptors (Lipinski definition) is 3. The molecule has 0 aromatic heterocycles. The molecule has 3 rings (SSSR count). The van der Waals surface area contributed by atoms with E-state index in [2.05, 4.69) is 26.1 Å². The summed E-state index contributed by atoms with van der Waals surface area (Å²) in [5, 5.41) is 3.11. The SMILES string of the molecule is CC(NC(=O)CN1CC2CCCC(N)C2C1)c1ccc(Br)cc1.Cl. The lowest BCUT2D eigenvalue weighted by molar-refractivity contribution is -0.122. The van der Waals surface area contributed by atoms with Crippen LogP contribution in [0.25, 0.3) is 0 Å². The van der Waals surface area contributed by atoms with Crippen LogP contribution in [0.5, 0.6) is 0 Å². The van der Waals surface area contributed by atoms with Crippen LogP contribution in [0.3, 0.4) is 0 Å². The van der Waals surface area contributed by atoms with E-state index in [0.717, 1.165) is 29.5 Å². The number of nitrogens with zero attached hydrogens (tertiary/aromatic N) is 1. The van der Waals surface area contributed by atoms with Crippen LogP contribution in [-0.4, -0.2) is 36.5 Å². The lowest BCUT2D eigenvalue weighted by Gasteiger charge is -2.29. The van der Waals surface area contributed by atoms with Crippen LogP contribution in [-0.2, 0) is 4.79 Å². The van der Waals surface area contributed by atoms with Gasteiger partial charge in [-0.15, -0.1) is 12.4 Å². The fraction of sp³-hybridized carbons (Fsp3) is 0.611. The van der Waals surface area contributed by atoms with Crippen LogP contribution in [0.1, 0.15) is 37.8 Å². The Morgan fingerprint density at radius 3 is 2.71 bits per heavy atom. The molecule has 2 aliphatic rings. The molecular weight excluding hydrogens is 390 g/mol. The number of amides is 1. The van der Waals surface area contributed by atoms with Crippen molar-refractivity contribution in [2.45, 2.75) is 38.3 Å². The van der Waals surface area contributed by atoms with Crippen molar-refractivity contribution < 1.29 is 4.79 Å². The smallest absolute Gasteiger partial charge is 0.234 e. The molecule has 0 bridgehead atoms. The zero-order valence-corrected chi connectivity index (χ0v) is 16.5. The van der Waals surface area contributed by atoms with Crippen molar-refractivity contribution in [1.82, 2.24) is 10.2 Å². The Balaban J connectivity index is 0.00000208. The maximum Gasteiger partial charge on any atom is 0.234 e. The Labute approximate surface area is 159 Å². The summed E-state index contributed by atoms with van der Waals surface area (Å²) in [6, 6.07) is 8.44. The van der Waals surface area contributed by atoms with E-state index in [0.29, 0.717) is 24.4 Å². The van der Waals surface area contributed by atoms with Gasteiger partial charge in [0.2, 0.25) is 5.91 Å². The largest absolute Gasteiger partial charge is 0.348 e. The summed E-state index contributed by atoms with van der Waals surface area (Å²) in [5.41, 5.74) is 7.37. The minimum atomic E-state index is 0. The maximum atomic E-state index is 12.3. The number of nitrogens with one attached hydrogen (secondary N) is 1. The zero-order valence-electron chi connectivity index (χ0n) is 14.1. The average molecular weight is 417 g/mol. The van der Waals surface area contributed by atoms with Crippen molar-refractivity contribution in [2.75, 3.05) is 19.6 Å². The summed E-state index contributed by atoms with van der Waals surface area (Å²) in [4.78, 5) is 14.6. The number of carbonyl (C=O) groups is 1. The number of hydrogen-bond donors (Lipinski definition) is 2. The molecule has 1 aliphatic heterocycles. The highest BCUT2D eigenvalue weighted by molar-refractivity contribution is 9.10. The first kappa shape index (κ1) is 19.7. The van der Waals surface area contributed by atoms with Crippen molar-refractivity contribution in [2.24, 2.45) is 17.6 Å². The molecule has 0 radical (unpaired) electrons. The molecule has 6 heteroatoms. The van der Waals surface area contributed by atoms with Crippen LogP contribution in [0.15, 0.2) is 28.7 Å². The second-order valence-electron chi connectivity index (χ2n) is 7.05. The number of fused-ring (bicyclic) bond motifs is 1. The standard InChI is InChI=1S/C18H26BrN3O.ClH/c1-12(13-5-7-15(19)8-6-13)21-18(23)11-22-9-14-3-2-4-17(20)16(14)10-22;/h5-8,12,14,16-17H,2-4,9-11,20H2,1H3,(H,21,23);1H. The van der Waals surface area contributed by atoms with E-state index < -0.39 is 0 Å². The fourth-order valence-corrected chi connectivity index (χ4v) is 4.33. The highest BCUT2D eigenvalue weighted by atomic mass is 79.9. The summed E-state index contributed by atoms with van der Waals surface area (Å²) >= 11 is 3.43. The molecule has 2 fully saturated rings. The predicted octanol–water partition coefficient (Wildman–Crippen LogP) is 3.11. The first-order valence-corrected chi connectivity index (χ1v) is 9.35. The van der Waals surface area contributed by atoms with Crippen molar-refractivity contribution >= 4 is 34.2 Å². The first-order chi connectivity index (χ1) is 11.0. The quantitative estimate of drug-likeness (QED) is 0.793. The third kappa shape index (κ3) is 4.72. The van der Waals surface area contributed by atoms with E-state index in [1.165, 1.54) is 12.8 Å². The Morgan fingerprint density at radius 1 is 1.33 bits per heavy atom. The molecule has 1 aromatic carbocycles. The molecule has 134 valence electrons. The normalized spacial score (nSPS) is 27.9. The van der Waals surface area contributed by atoms with E-state index in [-0.39, 0.29) is 24.4 Å². The van der Waals surface area contributed by atoms with Crippen LogP contribution in [0, 0.1) is 11.8 Å². The van der Waals surface area contributed by atoms with Crippen molar-refractivity contribution in [1.29, 1.82) is 0 Å². The van der Waals surface area contributed by atoms with Gasteiger partial charge in [-0.05, 0) is 49.3 Å². The van der Waals surface area contributed by atoms with Gasteiger partial charge in [0.1, 0.15) is 0 Å². The van der Waals surface area contributed by atoms with E-state index in [4.69, 9.17) is 5.73 Å². The second kappa shape index (κ2) is 8.65. The Hall–Kier alpha value is -0.620. The highest BCUT2D eigenvalue weighted by Crippen LogP contribution is 2.35. The lowest BCUT2D eigenvalue weighted by Crippen LogP contribution is -2.39.